The Hall–Kier alpha value is -0.200. The number of likely N-dealkylation sites (N-methyl/N-ethyl adjacent to an activating group) is 1. The van der Waals surface area contributed by atoms with Gasteiger partial charge >= 0.3 is 0 Å². The summed E-state index contributed by atoms with van der Waals surface area (Å²) in [6.07, 6.45) is 3.39. The number of rotatable bonds is 4. The van der Waals surface area contributed by atoms with E-state index in [-0.39, 0.29) is 5.41 Å². The summed E-state index contributed by atoms with van der Waals surface area (Å²) in [5.41, 5.74) is 0.183. The molecule has 4 nitrogen and oxygen atoms in total. The summed E-state index contributed by atoms with van der Waals surface area (Å²) in [6.45, 7) is 7.86. The van der Waals surface area contributed by atoms with Gasteiger partial charge < -0.3 is 4.90 Å². The molecule has 0 atom stereocenters. The van der Waals surface area contributed by atoms with E-state index in [4.69, 9.17) is 0 Å². The second kappa shape index (κ2) is 5.20. The zero-order chi connectivity index (χ0) is 13.3. The van der Waals surface area contributed by atoms with Crippen LogP contribution in [0.15, 0.2) is 11.1 Å². The Bertz CT molecular complexity index is 396. The molecule has 0 aliphatic carbocycles. The van der Waals surface area contributed by atoms with Crippen LogP contribution in [0.5, 0.6) is 0 Å². The highest BCUT2D eigenvalue weighted by Gasteiger charge is 2.24. The average Bonchev–Trinajstić information content (AvgIpc) is 2.59. The molecule has 1 aliphatic heterocycles. The Morgan fingerprint density at radius 3 is 2.47 bits per heavy atom. The van der Waals surface area contributed by atoms with Crippen molar-refractivity contribution in [3.63, 3.8) is 0 Å². The lowest BCUT2D eigenvalue weighted by atomic mass is 9.96. The molecule has 0 N–H and O–H groups in total. The van der Waals surface area contributed by atoms with Gasteiger partial charge in [0.15, 0.2) is 0 Å². The number of thioether (sulfide) groups is 1. The molecule has 1 aliphatic rings. The van der Waals surface area contributed by atoms with Crippen molar-refractivity contribution < 1.29 is 8.42 Å². The molecule has 0 unspecified atom stereocenters. The van der Waals surface area contributed by atoms with Crippen molar-refractivity contribution in [2.45, 2.75) is 20.8 Å². The van der Waals surface area contributed by atoms with Crippen LogP contribution in [0.2, 0.25) is 0 Å². The maximum Gasteiger partial charge on any atom is 0.211 e. The SMILES string of the molecule is CN(CCN1C=C(C(C)(C)C)SC1)S(C)(=O)=O. The van der Waals surface area contributed by atoms with Crippen LogP contribution in [0, 0.1) is 5.41 Å². The van der Waals surface area contributed by atoms with Gasteiger partial charge in [0.05, 0.1) is 12.1 Å². The standard InChI is InChI=1S/C11H22N2O2S2/c1-11(2,3)10-8-13(9-16-10)7-6-12(4)17(5,14)15/h8H,6-7,9H2,1-5H3. The fraction of sp³-hybridized carbons (Fsp3) is 0.818. The van der Waals surface area contributed by atoms with Crippen molar-refractivity contribution in [1.29, 1.82) is 0 Å². The third-order valence-corrected chi connectivity index (χ3v) is 5.50. The third kappa shape index (κ3) is 4.52. The quantitative estimate of drug-likeness (QED) is 0.786. The molecule has 1 rings (SSSR count). The smallest absolute Gasteiger partial charge is 0.211 e. The molecule has 1 heterocycles. The molecular weight excluding hydrogens is 256 g/mol. The van der Waals surface area contributed by atoms with Gasteiger partial charge in [-0.05, 0) is 5.41 Å². The van der Waals surface area contributed by atoms with Crippen LogP contribution in [0.4, 0.5) is 0 Å². The van der Waals surface area contributed by atoms with Gasteiger partial charge in [-0.1, -0.05) is 20.8 Å². The molecule has 0 fully saturated rings. The molecule has 0 spiro atoms. The van der Waals surface area contributed by atoms with Crippen LogP contribution in [0.3, 0.4) is 0 Å². The van der Waals surface area contributed by atoms with Crippen molar-refractivity contribution in [2.75, 3.05) is 32.3 Å². The summed E-state index contributed by atoms with van der Waals surface area (Å²) in [4.78, 5) is 3.53. The number of hydrogen-bond acceptors (Lipinski definition) is 4. The molecule has 0 bridgehead atoms. The Balaban J connectivity index is 2.49. The summed E-state index contributed by atoms with van der Waals surface area (Å²) in [5.74, 6) is 0.921. The lowest BCUT2D eigenvalue weighted by Gasteiger charge is -2.19. The minimum Gasteiger partial charge on any atom is -0.366 e. The van der Waals surface area contributed by atoms with E-state index in [0.717, 1.165) is 12.4 Å². The highest BCUT2D eigenvalue weighted by molar-refractivity contribution is 8.03. The summed E-state index contributed by atoms with van der Waals surface area (Å²) in [5, 5.41) is 0. The minimum atomic E-state index is -3.06. The van der Waals surface area contributed by atoms with Crippen molar-refractivity contribution >= 4 is 21.8 Å². The van der Waals surface area contributed by atoms with Crippen LogP contribution < -0.4 is 0 Å². The number of hydrogen-bond donors (Lipinski definition) is 0. The van der Waals surface area contributed by atoms with Gasteiger partial charge in [0.25, 0.3) is 0 Å². The predicted molar refractivity (Wildman–Crippen MR) is 74.2 cm³/mol. The van der Waals surface area contributed by atoms with Crippen LogP contribution in [0.1, 0.15) is 20.8 Å². The van der Waals surface area contributed by atoms with Gasteiger partial charge in [-0.2, -0.15) is 0 Å². The molecule has 0 amide bonds. The first kappa shape index (κ1) is 14.9. The summed E-state index contributed by atoms with van der Waals surface area (Å²) >= 11 is 1.84. The molecule has 0 aromatic heterocycles. The van der Waals surface area contributed by atoms with Crippen molar-refractivity contribution in [3.05, 3.63) is 11.1 Å². The van der Waals surface area contributed by atoms with Gasteiger partial charge in [-0.15, -0.1) is 11.8 Å². The predicted octanol–water partition coefficient (Wildman–Crippen LogP) is 1.77. The van der Waals surface area contributed by atoms with Gasteiger partial charge in [-0.25, -0.2) is 12.7 Å². The van der Waals surface area contributed by atoms with Crippen molar-refractivity contribution in [3.8, 4) is 0 Å². The van der Waals surface area contributed by atoms with E-state index < -0.39 is 10.0 Å². The first-order valence-corrected chi connectivity index (χ1v) is 8.44. The molecule has 0 radical (unpaired) electrons. The van der Waals surface area contributed by atoms with E-state index in [9.17, 15) is 8.42 Å². The van der Waals surface area contributed by atoms with Crippen molar-refractivity contribution in [2.24, 2.45) is 5.41 Å². The molecule has 6 heteroatoms. The normalized spacial score (nSPS) is 17.8. The van der Waals surface area contributed by atoms with Crippen molar-refractivity contribution in [1.82, 2.24) is 9.21 Å². The number of allylic oxidation sites excluding steroid dienone is 1. The number of nitrogens with zero attached hydrogens (tertiary/aromatic N) is 2. The van der Waals surface area contributed by atoms with E-state index in [2.05, 4.69) is 31.9 Å². The molecular formula is C11H22N2O2S2. The topological polar surface area (TPSA) is 40.6 Å². The van der Waals surface area contributed by atoms with Gasteiger partial charge in [-0.3, -0.25) is 0 Å². The fourth-order valence-electron chi connectivity index (χ4n) is 1.37. The van der Waals surface area contributed by atoms with Crippen LogP contribution >= 0.6 is 11.8 Å². The average molecular weight is 278 g/mol. The highest BCUT2D eigenvalue weighted by Crippen LogP contribution is 2.38. The molecule has 100 valence electrons. The van der Waals surface area contributed by atoms with Gasteiger partial charge in [0.2, 0.25) is 10.0 Å². The minimum absolute atomic E-state index is 0.183. The van der Waals surface area contributed by atoms with E-state index in [1.165, 1.54) is 15.5 Å². The maximum absolute atomic E-state index is 11.2. The molecule has 0 saturated carbocycles. The van der Waals surface area contributed by atoms with Crippen LogP contribution in [-0.2, 0) is 10.0 Å². The zero-order valence-electron chi connectivity index (χ0n) is 11.2. The fourth-order valence-corrected chi connectivity index (χ4v) is 2.95. The van der Waals surface area contributed by atoms with E-state index >= 15 is 0 Å². The first-order chi connectivity index (χ1) is 7.60. The van der Waals surface area contributed by atoms with Crippen LogP contribution in [-0.4, -0.2) is 49.9 Å². The Morgan fingerprint density at radius 2 is 2.06 bits per heavy atom. The second-order valence-corrected chi connectivity index (χ2v) is 8.49. The summed E-state index contributed by atoms with van der Waals surface area (Å²) in [7, 11) is -1.44. The molecule has 0 saturated heterocycles. The Kier molecular flexibility index (Phi) is 4.54. The Labute approximate surface area is 109 Å². The van der Waals surface area contributed by atoms with Gasteiger partial charge in [0, 0.05) is 31.2 Å². The lowest BCUT2D eigenvalue weighted by Crippen LogP contribution is -2.32. The van der Waals surface area contributed by atoms with E-state index in [1.807, 2.05) is 11.8 Å². The van der Waals surface area contributed by atoms with E-state index in [0.29, 0.717) is 6.54 Å². The maximum atomic E-state index is 11.2. The number of sulfonamides is 1. The zero-order valence-corrected chi connectivity index (χ0v) is 12.9. The molecule has 0 aromatic rings. The first-order valence-electron chi connectivity index (χ1n) is 5.61. The largest absolute Gasteiger partial charge is 0.366 e. The second-order valence-electron chi connectivity index (χ2n) is 5.41. The lowest BCUT2D eigenvalue weighted by molar-refractivity contribution is 0.378. The van der Waals surface area contributed by atoms with E-state index in [1.54, 1.807) is 7.05 Å². The third-order valence-electron chi connectivity index (χ3n) is 2.69. The van der Waals surface area contributed by atoms with Gasteiger partial charge in [0.1, 0.15) is 0 Å². The van der Waals surface area contributed by atoms with Crippen LogP contribution in [0.25, 0.3) is 0 Å². The highest BCUT2D eigenvalue weighted by atomic mass is 32.2. The summed E-state index contributed by atoms with van der Waals surface area (Å²) < 4.78 is 23.9. The molecule has 17 heavy (non-hydrogen) atoms. The molecule has 0 aromatic carbocycles. The monoisotopic (exact) mass is 278 g/mol. The summed E-state index contributed by atoms with van der Waals surface area (Å²) in [6, 6.07) is 0. The Morgan fingerprint density at radius 1 is 1.47 bits per heavy atom.